The number of rotatable bonds is 8. The Bertz CT molecular complexity index is 1030. The number of aromatic nitrogens is 4. The van der Waals surface area contributed by atoms with Crippen LogP contribution in [0, 0.1) is 6.92 Å². The van der Waals surface area contributed by atoms with Crippen molar-refractivity contribution in [3.05, 3.63) is 22.6 Å². The maximum Gasteiger partial charge on any atom is 0.248 e. The van der Waals surface area contributed by atoms with Crippen LogP contribution in [0.2, 0.25) is 0 Å². The van der Waals surface area contributed by atoms with Gasteiger partial charge in [-0.2, -0.15) is 10.1 Å². The molecule has 0 aliphatic carbocycles. The fraction of sp³-hybridized carbons (Fsp3) is 0.667. The summed E-state index contributed by atoms with van der Waals surface area (Å²) in [6.07, 6.45) is 10.5. The van der Waals surface area contributed by atoms with Crippen molar-refractivity contribution >= 4 is 39.3 Å². The molecule has 3 aliphatic rings. The molecule has 3 saturated heterocycles. The molecular formula is C24H35BrN8O2. The first-order valence-electron chi connectivity index (χ1n) is 12.6. The van der Waals surface area contributed by atoms with E-state index in [4.69, 9.17) is 9.84 Å². The fourth-order valence-electron chi connectivity index (χ4n) is 5.51. The minimum absolute atomic E-state index is 0.0704. The van der Waals surface area contributed by atoms with Crippen LogP contribution in [0.15, 0.2) is 16.9 Å². The molecule has 2 atom stereocenters. The third-order valence-electron chi connectivity index (χ3n) is 7.55. The lowest BCUT2D eigenvalue weighted by Crippen LogP contribution is -2.40. The molecule has 0 aromatic carbocycles. The van der Waals surface area contributed by atoms with Crippen molar-refractivity contribution in [1.29, 1.82) is 0 Å². The number of aryl methyl sites for hydroxylation is 1. The van der Waals surface area contributed by atoms with Gasteiger partial charge in [-0.1, -0.05) is 0 Å². The summed E-state index contributed by atoms with van der Waals surface area (Å²) in [5.74, 6) is 1.33. The SMILES string of the molecule is Cc1nn(C2CC3CCC(C2)N3C)cc1Nc1ncc(Br)c(NCCCN2CCCOCC2=O)n1. The molecule has 2 aromatic rings. The van der Waals surface area contributed by atoms with Crippen LogP contribution in [0.3, 0.4) is 0 Å². The van der Waals surface area contributed by atoms with Crippen LogP contribution in [0.4, 0.5) is 17.5 Å². The first-order chi connectivity index (χ1) is 17.0. The molecule has 0 saturated carbocycles. The number of nitrogens with zero attached hydrogens (tertiary/aromatic N) is 6. The quantitative estimate of drug-likeness (QED) is 0.486. The number of carbonyl (C=O) groups excluding carboxylic acids is 1. The first kappa shape index (κ1) is 24.5. The van der Waals surface area contributed by atoms with E-state index in [-0.39, 0.29) is 12.5 Å². The third kappa shape index (κ3) is 5.62. The Morgan fingerprint density at radius 1 is 1.23 bits per heavy atom. The van der Waals surface area contributed by atoms with E-state index >= 15 is 0 Å². The molecule has 2 unspecified atom stereocenters. The van der Waals surface area contributed by atoms with Crippen molar-refractivity contribution < 1.29 is 9.53 Å². The van der Waals surface area contributed by atoms with E-state index in [9.17, 15) is 4.79 Å². The summed E-state index contributed by atoms with van der Waals surface area (Å²) in [7, 11) is 2.26. The Hall–Kier alpha value is -2.24. The van der Waals surface area contributed by atoms with E-state index in [1.54, 1.807) is 6.20 Å². The summed E-state index contributed by atoms with van der Waals surface area (Å²) in [6, 6.07) is 1.80. The molecule has 10 nitrogen and oxygen atoms in total. The van der Waals surface area contributed by atoms with Crippen LogP contribution in [0.5, 0.6) is 0 Å². The second-order valence-corrected chi connectivity index (χ2v) is 10.7. The topological polar surface area (TPSA) is 100 Å². The number of anilines is 3. The first-order valence-corrected chi connectivity index (χ1v) is 13.4. The minimum atomic E-state index is 0.0704. The highest BCUT2D eigenvalue weighted by Gasteiger charge is 2.39. The van der Waals surface area contributed by atoms with Gasteiger partial charge in [0.2, 0.25) is 11.9 Å². The lowest BCUT2D eigenvalue weighted by Gasteiger charge is -2.36. The van der Waals surface area contributed by atoms with Crippen LogP contribution in [0.25, 0.3) is 0 Å². The predicted octanol–water partition coefficient (Wildman–Crippen LogP) is 3.34. The van der Waals surface area contributed by atoms with Gasteiger partial charge in [0.15, 0.2) is 0 Å². The lowest BCUT2D eigenvalue weighted by atomic mass is 9.98. The molecule has 2 aromatic heterocycles. The number of halogens is 1. The van der Waals surface area contributed by atoms with Gasteiger partial charge in [0.1, 0.15) is 12.4 Å². The molecule has 5 rings (SSSR count). The van der Waals surface area contributed by atoms with Crippen molar-refractivity contribution in [3.8, 4) is 0 Å². The predicted molar refractivity (Wildman–Crippen MR) is 138 cm³/mol. The monoisotopic (exact) mass is 546 g/mol. The number of hydrogen-bond acceptors (Lipinski definition) is 8. The zero-order chi connectivity index (χ0) is 24.4. The van der Waals surface area contributed by atoms with E-state index in [1.165, 1.54) is 12.8 Å². The molecule has 1 amide bonds. The Morgan fingerprint density at radius 3 is 2.83 bits per heavy atom. The van der Waals surface area contributed by atoms with E-state index in [1.807, 2.05) is 11.8 Å². The summed E-state index contributed by atoms with van der Waals surface area (Å²) < 4.78 is 8.25. The highest BCUT2D eigenvalue weighted by atomic mass is 79.9. The molecule has 35 heavy (non-hydrogen) atoms. The second kappa shape index (κ2) is 10.8. The molecule has 2 N–H and O–H groups in total. The summed E-state index contributed by atoms with van der Waals surface area (Å²) in [5, 5.41) is 11.6. The van der Waals surface area contributed by atoms with Gasteiger partial charge in [0.25, 0.3) is 0 Å². The maximum atomic E-state index is 12.1. The molecular weight excluding hydrogens is 512 g/mol. The van der Waals surface area contributed by atoms with Crippen molar-refractivity contribution in [2.24, 2.45) is 0 Å². The number of hydrogen-bond donors (Lipinski definition) is 2. The highest BCUT2D eigenvalue weighted by Crippen LogP contribution is 2.40. The average molecular weight is 548 g/mol. The standard InChI is InChI=1S/C24H35BrN8O2/c1-16-21(14-33(30-16)19-11-17-5-6-18(12-19)31(17)2)28-24-27-13-20(25)23(29-24)26-7-3-8-32-9-4-10-35-15-22(32)34/h13-14,17-19H,3-12,15H2,1-2H3,(H2,26,27,28,29). The summed E-state index contributed by atoms with van der Waals surface area (Å²) >= 11 is 3.54. The summed E-state index contributed by atoms with van der Waals surface area (Å²) in [6.45, 7) is 5.04. The van der Waals surface area contributed by atoms with Crippen LogP contribution < -0.4 is 10.6 Å². The van der Waals surface area contributed by atoms with E-state index in [0.717, 1.165) is 53.9 Å². The van der Waals surface area contributed by atoms with Crippen LogP contribution >= 0.6 is 15.9 Å². The van der Waals surface area contributed by atoms with Gasteiger partial charge in [-0.05, 0) is 68.4 Å². The van der Waals surface area contributed by atoms with Crippen molar-refractivity contribution in [3.63, 3.8) is 0 Å². The van der Waals surface area contributed by atoms with Crippen LogP contribution in [-0.4, -0.2) is 87.4 Å². The van der Waals surface area contributed by atoms with Gasteiger partial charge >= 0.3 is 0 Å². The maximum absolute atomic E-state index is 12.1. The molecule has 2 bridgehead atoms. The van der Waals surface area contributed by atoms with E-state index in [2.05, 4.69) is 59.4 Å². The molecule has 190 valence electrons. The average Bonchev–Trinajstić information content (AvgIpc) is 3.18. The van der Waals surface area contributed by atoms with Crippen molar-refractivity contribution in [2.45, 2.75) is 63.6 Å². The lowest BCUT2D eigenvalue weighted by molar-refractivity contribution is -0.133. The summed E-state index contributed by atoms with van der Waals surface area (Å²) in [4.78, 5) is 25.6. The zero-order valence-corrected chi connectivity index (χ0v) is 22.1. The van der Waals surface area contributed by atoms with Crippen molar-refractivity contribution in [2.75, 3.05) is 50.5 Å². The fourth-order valence-corrected chi connectivity index (χ4v) is 5.84. The Labute approximate surface area is 214 Å². The van der Waals surface area contributed by atoms with Gasteiger partial charge in [-0.3, -0.25) is 9.48 Å². The minimum Gasteiger partial charge on any atom is -0.372 e. The number of ether oxygens (including phenoxy) is 1. The number of nitrogens with one attached hydrogen (secondary N) is 2. The number of amides is 1. The van der Waals surface area contributed by atoms with Gasteiger partial charge in [-0.25, -0.2) is 4.98 Å². The smallest absolute Gasteiger partial charge is 0.248 e. The molecule has 0 radical (unpaired) electrons. The normalized spacial score (nSPS) is 25.1. The summed E-state index contributed by atoms with van der Waals surface area (Å²) in [5.41, 5.74) is 1.88. The third-order valence-corrected chi connectivity index (χ3v) is 8.13. The number of piperidine rings is 1. The molecule has 0 spiro atoms. The van der Waals surface area contributed by atoms with Gasteiger partial charge in [0.05, 0.1) is 21.9 Å². The van der Waals surface area contributed by atoms with Crippen LogP contribution in [0.1, 0.15) is 50.3 Å². The Morgan fingerprint density at radius 2 is 2.03 bits per heavy atom. The van der Waals surface area contributed by atoms with Crippen molar-refractivity contribution in [1.82, 2.24) is 29.5 Å². The molecule has 5 heterocycles. The number of fused-ring (bicyclic) bond motifs is 2. The molecule has 3 fully saturated rings. The highest BCUT2D eigenvalue weighted by molar-refractivity contribution is 9.10. The Kier molecular flexibility index (Phi) is 7.54. The molecule has 3 aliphatic heterocycles. The van der Waals surface area contributed by atoms with Gasteiger partial charge < -0.3 is 25.2 Å². The largest absolute Gasteiger partial charge is 0.372 e. The zero-order valence-electron chi connectivity index (χ0n) is 20.5. The molecule has 11 heteroatoms. The van der Waals surface area contributed by atoms with Crippen LogP contribution in [-0.2, 0) is 9.53 Å². The van der Waals surface area contributed by atoms with E-state index in [0.29, 0.717) is 43.8 Å². The van der Waals surface area contributed by atoms with Gasteiger partial charge in [0, 0.05) is 50.7 Å². The van der Waals surface area contributed by atoms with Gasteiger partial charge in [-0.15, -0.1) is 0 Å². The Balaban J connectivity index is 1.17. The van der Waals surface area contributed by atoms with E-state index < -0.39 is 0 Å². The second-order valence-electron chi connectivity index (χ2n) is 9.87. The number of carbonyl (C=O) groups is 1.